The minimum absolute atomic E-state index is 0.0669. The number of Topliss-reactive ketones (excluding diaryl/α,β-unsaturated/α-hetero) is 1. The van der Waals surface area contributed by atoms with E-state index in [1.165, 1.54) is 6.92 Å². The maximum Gasteiger partial charge on any atom is 0.148 e. The summed E-state index contributed by atoms with van der Waals surface area (Å²) in [5.74, 6) is 0.0913. The summed E-state index contributed by atoms with van der Waals surface area (Å²) in [5, 5.41) is 5.97. The molecule has 0 bridgehead atoms. The Morgan fingerprint density at radius 3 is 2.71 bits per heavy atom. The van der Waals surface area contributed by atoms with E-state index < -0.39 is 0 Å². The van der Waals surface area contributed by atoms with Crippen molar-refractivity contribution in [3.05, 3.63) is 12.3 Å². The molecule has 14 heavy (non-hydrogen) atoms. The summed E-state index contributed by atoms with van der Waals surface area (Å²) in [5.41, 5.74) is 6.59. The third-order valence-corrected chi connectivity index (χ3v) is 1.95. The molecule has 0 fully saturated rings. The van der Waals surface area contributed by atoms with E-state index in [-0.39, 0.29) is 11.8 Å². The number of nitrogens with one attached hydrogen (secondary N) is 2. The molecule has 0 heterocycles. The van der Waals surface area contributed by atoms with E-state index in [1.807, 2.05) is 7.05 Å². The van der Waals surface area contributed by atoms with Crippen LogP contribution >= 0.6 is 0 Å². The van der Waals surface area contributed by atoms with Crippen LogP contribution in [-0.2, 0) is 4.79 Å². The molecular weight excluding hydrogens is 178 g/mol. The summed E-state index contributed by atoms with van der Waals surface area (Å²) in [4.78, 5) is 10.7. The van der Waals surface area contributed by atoms with Gasteiger partial charge >= 0.3 is 0 Å². The Morgan fingerprint density at radius 2 is 2.21 bits per heavy atom. The summed E-state index contributed by atoms with van der Waals surface area (Å²) < 4.78 is 0. The topological polar surface area (TPSA) is 67.2 Å². The van der Waals surface area contributed by atoms with E-state index in [0.717, 1.165) is 25.1 Å². The lowest BCUT2D eigenvalue weighted by Crippen LogP contribution is -2.33. The monoisotopic (exact) mass is 199 g/mol. The van der Waals surface area contributed by atoms with Gasteiger partial charge in [-0.1, -0.05) is 6.58 Å². The Labute approximate surface area is 85.9 Å². The molecule has 0 saturated carbocycles. The molecule has 0 aliphatic heterocycles. The Kier molecular flexibility index (Phi) is 7.06. The number of carbonyl (C=O) groups excluding carboxylic acids is 1. The van der Waals surface area contributed by atoms with Gasteiger partial charge < -0.3 is 16.4 Å². The first-order valence-electron chi connectivity index (χ1n) is 4.90. The molecule has 0 aliphatic rings. The third-order valence-electron chi connectivity index (χ3n) is 1.95. The SMILES string of the molecule is C=C(NCC(C)=O)C(N)CCCNC. The first-order valence-corrected chi connectivity index (χ1v) is 4.90. The van der Waals surface area contributed by atoms with Crippen molar-refractivity contribution in [1.29, 1.82) is 0 Å². The number of ketones is 1. The van der Waals surface area contributed by atoms with Gasteiger partial charge in [-0.05, 0) is 33.4 Å². The van der Waals surface area contributed by atoms with Crippen LogP contribution in [-0.4, -0.2) is 32.0 Å². The lowest BCUT2D eigenvalue weighted by molar-refractivity contribution is -0.116. The van der Waals surface area contributed by atoms with Gasteiger partial charge in [0.15, 0.2) is 0 Å². The van der Waals surface area contributed by atoms with Crippen LogP contribution in [0.25, 0.3) is 0 Å². The minimum Gasteiger partial charge on any atom is -0.380 e. The van der Waals surface area contributed by atoms with Gasteiger partial charge in [0.05, 0.1) is 6.54 Å². The number of rotatable bonds is 8. The minimum atomic E-state index is -0.0669. The maximum atomic E-state index is 10.7. The van der Waals surface area contributed by atoms with Gasteiger partial charge in [0.25, 0.3) is 0 Å². The van der Waals surface area contributed by atoms with Crippen LogP contribution in [0.2, 0.25) is 0 Å². The second-order valence-corrected chi connectivity index (χ2v) is 3.43. The van der Waals surface area contributed by atoms with Crippen molar-refractivity contribution in [3.8, 4) is 0 Å². The van der Waals surface area contributed by atoms with Gasteiger partial charge in [-0.15, -0.1) is 0 Å². The summed E-state index contributed by atoms with van der Waals surface area (Å²) in [6.07, 6.45) is 1.89. The van der Waals surface area contributed by atoms with Gasteiger partial charge in [-0.3, -0.25) is 4.79 Å². The molecule has 0 amide bonds. The predicted octanol–water partition coefficient (Wildman–Crippen LogP) is 0.00560. The van der Waals surface area contributed by atoms with Crippen LogP contribution in [0.4, 0.5) is 0 Å². The molecule has 0 rings (SSSR count). The molecule has 0 saturated heterocycles. The molecule has 4 nitrogen and oxygen atoms in total. The van der Waals surface area contributed by atoms with Gasteiger partial charge in [0, 0.05) is 11.7 Å². The van der Waals surface area contributed by atoms with Crippen LogP contribution in [0.1, 0.15) is 19.8 Å². The summed E-state index contributed by atoms with van der Waals surface area (Å²) >= 11 is 0. The van der Waals surface area contributed by atoms with E-state index in [0.29, 0.717) is 6.54 Å². The molecule has 1 atom stereocenters. The van der Waals surface area contributed by atoms with Crippen molar-refractivity contribution >= 4 is 5.78 Å². The highest BCUT2D eigenvalue weighted by Crippen LogP contribution is 2.00. The first-order chi connectivity index (χ1) is 6.57. The zero-order chi connectivity index (χ0) is 11.0. The number of hydrogen-bond acceptors (Lipinski definition) is 4. The number of carbonyl (C=O) groups is 1. The van der Waals surface area contributed by atoms with Gasteiger partial charge in [-0.25, -0.2) is 0 Å². The van der Waals surface area contributed by atoms with Crippen molar-refractivity contribution in [2.75, 3.05) is 20.1 Å². The molecule has 82 valence electrons. The molecule has 0 aliphatic carbocycles. The van der Waals surface area contributed by atoms with E-state index in [4.69, 9.17) is 5.73 Å². The molecule has 0 radical (unpaired) electrons. The molecule has 0 aromatic heterocycles. The van der Waals surface area contributed by atoms with E-state index >= 15 is 0 Å². The third kappa shape index (κ3) is 6.62. The predicted molar refractivity (Wildman–Crippen MR) is 59.0 cm³/mol. The van der Waals surface area contributed by atoms with Gasteiger partial charge in [0.1, 0.15) is 5.78 Å². The standard InChI is InChI=1S/C10H21N3O/c1-8(14)7-13-9(2)10(11)5-4-6-12-3/h10,12-13H,2,4-7,11H2,1,3H3. The van der Waals surface area contributed by atoms with Crippen molar-refractivity contribution in [1.82, 2.24) is 10.6 Å². The fourth-order valence-corrected chi connectivity index (χ4v) is 1.04. The summed E-state index contributed by atoms with van der Waals surface area (Å²) in [6.45, 7) is 6.60. The summed E-state index contributed by atoms with van der Waals surface area (Å²) in [6, 6.07) is -0.0669. The summed E-state index contributed by atoms with van der Waals surface area (Å²) in [7, 11) is 1.91. The normalized spacial score (nSPS) is 12.2. The zero-order valence-corrected chi connectivity index (χ0v) is 9.10. The van der Waals surface area contributed by atoms with Crippen molar-refractivity contribution in [2.45, 2.75) is 25.8 Å². The Balaban J connectivity index is 3.59. The van der Waals surface area contributed by atoms with Gasteiger partial charge in [-0.2, -0.15) is 0 Å². The largest absolute Gasteiger partial charge is 0.380 e. The van der Waals surface area contributed by atoms with Crippen LogP contribution in [0.5, 0.6) is 0 Å². The Bertz CT molecular complexity index is 192. The van der Waals surface area contributed by atoms with Crippen LogP contribution in [0, 0.1) is 0 Å². The quantitative estimate of drug-likeness (QED) is 0.482. The Hall–Kier alpha value is -0.870. The van der Waals surface area contributed by atoms with E-state index in [9.17, 15) is 4.79 Å². The molecule has 0 aromatic carbocycles. The zero-order valence-electron chi connectivity index (χ0n) is 9.10. The van der Waals surface area contributed by atoms with Crippen LogP contribution in [0.15, 0.2) is 12.3 Å². The van der Waals surface area contributed by atoms with Crippen molar-refractivity contribution in [3.63, 3.8) is 0 Å². The molecule has 0 spiro atoms. The van der Waals surface area contributed by atoms with E-state index in [2.05, 4.69) is 17.2 Å². The average molecular weight is 199 g/mol. The van der Waals surface area contributed by atoms with Crippen molar-refractivity contribution < 1.29 is 4.79 Å². The molecule has 4 N–H and O–H groups in total. The lowest BCUT2D eigenvalue weighted by Gasteiger charge is -2.15. The molecule has 1 unspecified atom stereocenters. The molecular formula is C10H21N3O. The maximum absolute atomic E-state index is 10.7. The molecule has 4 heteroatoms. The second kappa shape index (κ2) is 7.53. The number of hydrogen-bond donors (Lipinski definition) is 3. The lowest BCUT2D eigenvalue weighted by atomic mass is 10.1. The highest BCUT2D eigenvalue weighted by Gasteiger charge is 2.06. The van der Waals surface area contributed by atoms with Crippen LogP contribution in [0.3, 0.4) is 0 Å². The highest BCUT2D eigenvalue weighted by molar-refractivity contribution is 5.77. The van der Waals surface area contributed by atoms with E-state index in [1.54, 1.807) is 0 Å². The molecule has 0 aromatic rings. The average Bonchev–Trinajstić information content (AvgIpc) is 2.14. The fourth-order valence-electron chi connectivity index (χ4n) is 1.04. The van der Waals surface area contributed by atoms with Gasteiger partial charge in [0.2, 0.25) is 0 Å². The number of nitrogens with two attached hydrogens (primary N) is 1. The highest BCUT2D eigenvalue weighted by atomic mass is 16.1. The first kappa shape index (κ1) is 13.1. The fraction of sp³-hybridized carbons (Fsp3) is 0.700. The van der Waals surface area contributed by atoms with Crippen LogP contribution < -0.4 is 16.4 Å². The Morgan fingerprint density at radius 1 is 1.57 bits per heavy atom. The van der Waals surface area contributed by atoms with Crippen molar-refractivity contribution in [2.24, 2.45) is 5.73 Å². The second-order valence-electron chi connectivity index (χ2n) is 3.43. The smallest absolute Gasteiger partial charge is 0.148 e.